The van der Waals surface area contributed by atoms with Crippen LogP contribution in [0.15, 0.2) is 41.8 Å². The lowest BCUT2D eigenvalue weighted by molar-refractivity contribution is 0.0703. The number of nitrogens with zero attached hydrogens (tertiary/aromatic N) is 2. The maximum absolute atomic E-state index is 11.8. The fourth-order valence-electron chi connectivity index (χ4n) is 3.32. The molecule has 8 heteroatoms. The van der Waals surface area contributed by atoms with Crippen molar-refractivity contribution in [2.24, 2.45) is 5.16 Å². The summed E-state index contributed by atoms with van der Waals surface area (Å²) in [7, 11) is -1.95. The first-order valence-corrected chi connectivity index (χ1v) is 14.0. The summed E-state index contributed by atoms with van der Waals surface area (Å²) in [5.41, 5.74) is 4.78. The molecule has 1 aromatic carbocycles. The van der Waals surface area contributed by atoms with Crippen molar-refractivity contribution in [1.29, 1.82) is 0 Å². The van der Waals surface area contributed by atoms with Gasteiger partial charge in [0.1, 0.15) is 4.88 Å². The Kier molecular flexibility index (Phi) is 5.39. The molecule has 0 bridgehead atoms. The molecule has 0 atom stereocenters. The largest absolute Gasteiger partial charge is 0.477 e. The number of pyridine rings is 1. The lowest BCUT2D eigenvalue weighted by Gasteiger charge is -2.33. The van der Waals surface area contributed by atoms with Gasteiger partial charge in [-0.1, -0.05) is 26.8 Å². The average Bonchev–Trinajstić information content (AvgIpc) is 3.27. The molecule has 0 spiro atoms. The summed E-state index contributed by atoms with van der Waals surface area (Å²) in [5, 5.41) is 18.5. The van der Waals surface area contributed by atoms with Gasteiger partial charge in [0.2, 0.25) is 0 Å². The number of benzene rings is 1. The maximum atomic E-state index is 11.8. The summed E-state index contributed by atoms with van der Waals surface area (Å²) in [6, 6.07) is 7.95. The quantitative estimate of drug-likeness (QED) is 0.344. The van der Waals surface area contributed by atoms with Gasteiger partial charge in [-0.15, -0.1) is 16.5 Å². The minimum atomic E-state index is -1.95. The summed E-state index contributed by atoms with van der Waals surface area (Å²) in [6.45, 7) is 11.0. The zero-order valence-corrected chi connectivity index (χ0v) is 20.3. The molecule has 1 aliphatic rings. The molecule has 0 unspecified atom stereocenters. The van der Waals surface area contributed by atoms with Gasteiger partial charge in [-0.3, -0.25) is 4.98 Å². The second-order valence-corrected chi connectivity index (χ2v) is 15.1. The molecule has 2 N–H and O–H groups in total. The number of oxime groups is 1. The Labute approximate surface area is 187 Å². The van der Waals surface area contributed by atoms with Crippen molar-refractivity contribution in [3.05, 3.63) is 52.7 Å². The van der Waals surface area contributed by atoms with Gasteiger partial charge in [0.05, 0.1) is 16.1 Å². The molecule has 2 aromatic heterocycles. The first-order valence-electron chi connectivity index (χ1n) is 10.3. The molecule has 1 aliphatic carbocycles. The smallest absolute Gasteiger partial charge is 0.348 e. The van der Waals surface area contributed by atoms with Gasteiger partial charge in [-0.05, 0) is 54.7 Å². The predicted molar refractivity (Wildman–Crippen MR) is 129 cm³/mol. The van der Waals surface area contributed by atoms with Gasteiger partial charge in [-0.25, -0.2) is 4.79 Å². The van der Waals surface area contributed by atoms with Gasteiger partial charge >= 0.3 is 5.97 Å². The molecular formula is C23H27N3O3SSi. The van der Waals surface area contributed by atoms with Crippen LogP contribution in [-0.4, -0.2) is 30.1 Å². The lowest BCUT2D eigenvalue weighted by atomic mass is 10.1. The van der Waals surface area contributed by atoms with Crippen LogP contribution in [0.25, 0.3) is 10.1 Å². The van der Waals surface area contributed by atoms with Crippen LogP contribution in [-0.2, 0) is 10.9 Å². The van der Waals surface area contributed by atoms with Crippen molar-refractivity contribution in [2.75, 3.05) is 5.32 Å². The number of hydrogen-bond acceptors (Lipinski definition) is 6. The van der Waals surface area contributed by atoms with Crippen molar-refractivity contribution in [2.45, 2.75) is 51.7 Å². The molecular weight excluding hydrogens is 426 g/mol. The Hall–Kier alpha value is -2.71. The molecule has 0 amide bonds. The average molecular weight is 454 g/mol. The third-order valence-electron chi connectivity index (χ3n) is 6.19. The number of aromatic nitrogens is 1. The summed E-state index contributed by atoms with van der Waals surface area (Å²) in [4.78, 5) is 16.2. The molecule has 0 saturated carbocycles. The molecule has 4 rings (SSSR count). The van der Waals surface area contributed by atoms with Crippen LogP contribution >= 0.6 is 11.3 Å². The highest BCUT2D eigenvalue weighted by Crippen LogP contribution is 2.39. The van der Waals surface area contributed by atoms with E-state index in [1.165, 1.54) is 16.9 Å². The minimum absolute atomic E-state index is 0.104. The zero-order valence-electron chi connectivity index (χ0n) is 18.4. The summed E-state index contributed by atoms with van der Waals surface area (Å²) >= 11 is 1.23. The number of aryl methyl sites for hydroxylation is 1. The zero-order chi connectivity index (χ0) is 22.4. The number of rotatable bonds is 5. The van der Waals surface area contributed by atoms with Gasteiger partial charge in [-0.2, -0.15) is 0 Å². The molecule has 0 radical (unpaired) electrons. The summed E-state index contributed by atoms with van der Waals surface area (Å²) in [5.74, 6) is -0.943. The third-order valence-corrected chi connectivity index (χ3v) is 11.5. The molecule has 3 aromatic rings. The Morgan fingerprint density at radius 3 is 2.74 bits per heavy atom. The van der Waals surface area contributed by atoms with E-state index in [4.69, 9.17) is 4.53 Å². The number of nitrogens with one attached hydrogen (secondary N) is 1. The van der Waals surface area contributed by atoms with E-state index in [1.807, 2.05) is 12.1 Å². The molecule has 31 heavy (non-hydrogen) atoms. The number of anilines is 2. The number of fused-ring (bicyclic) bond motifs is 2. The maximum Gasteiger partial charge on any atom is 0.348 e. The van der Waals surface area contributed by atoms with Crippen LogP contribution in [0.5, 0.6) is 0 Å². The third kappa shape index (κ3) is 4.09. The van der Waals surface area contributed by atoms with Crippen molar-refractivity contribution in [1.82, 2.24) is 4.98 Å². The first kappa shape index (κ1) is 21.5. The fraction of sp³-hybridized carbons (Fsp3) is 0.348. The van der Waals surface area contributed by atoms with E-state index in [2.05, 4.69) is 61.5 Å². The van der Waals surface area contributed by atoms with E-state index in [0.29, 0.717) is 5.69 Å². The highest BCUT2D eigenvalue weighted by atomic mass is 32.1. The van der Waals surface area contributed by atoms with Crippen molar-refractivity contribution >= 4 is 52.8 Å². The van der Waals surface area contributed by atoms with E-state index in [9.17, 15) is 9.90 Å². The van der Waals surface area contributed by atoms with Crippen molar-refractivity contribution < 1.29 is 14.4 Å². The van der Waals surface area contributed by atoms with Gasteiger partial charge in [0.15, 0.2) is 0 Å². The number of hydrogen-bond donors (Lipinski definition) is 2. The number of aromatic carboxylic acids is 1. The Morgan fingerprint density at radius 1 is 1.26 bits per heavy atom. The van der Waals surface area contributed by atoms with Crippen molar-refractivity contribution in [3.63, 3.8) is 0 Å². The van der Waals surface area contributed by atoms with Crippen LogP contribution in [0.4, 0.5) is 11.4 Å². The minimum Gasteiger partial charge on any atom is -0.477 e. The standard InChI is InChI=1S/C23H27N3O3SSi/c1-23(2,3)31(4,5)29-26-18-9-6-14-12-15(7-8-16(14)18)25-20-17-10-11-24-13-19(17)30-21(20)22(27)28/h7-8,10-13,25H,6,9H2,1-5H3,(H,27,28)/b26-18-. The monoisotopic (exact) mass is 453 g/mol. The van der Waals surface area contributed by atoms with Crippen LogP contribution in [0.1, 0.15) is 48.0 Å². The Balaban J connectivity index is 1.61. The van der Waals surface area contributed by atoms with E-state index in [0.717, 1.165) is 39.9 Å². The normalized spacial score (nSPS) is 15.3. The van der Waals surface area contributed by atoms with E-state index >= 15 is 0 Å². The second-order valence-electron chi connectivity index (χ2n) is 9.37. The van der Waals surface area contributed by atoms with E-state index < -0.39 is 14.3 Å². The highest BCUT2D eigenvalue weighted by Gasteiger charge is 2.40. The molecule has 6 nitrogen and oxygen atoms in total. The van der Waals surface area contributed by atoms with E-state index in [1.54, 1.807) is 12.4 Å². The van der Waals surface area contributed by atoms with Gasteiger partial charge < -0.3 is 15.0 Å². The fourth-order valence-corrected chi connectivity index (χ4v) is 4.89. The van der Waals surface area contributed by atoms with E-state index in [-0.39, 0.29) is 9.92 Å². The van der Waals surface area contributed by atoms with Crippen LogP contribution in [0.3, 0.4) is 0 Å². The number of thiophene rings is 1. The number of carboxylic acid groups (broad SMARTS) is 1. The second kappa shape index (κ2) is 7.76. The van der Waals surface area contributed by atoms with Gasteiger partial charge in [0.25, 0.3) is 8.32 Å². The van der Waals surface area contributed by atoms with Gasteiger partial charge in [0, 0.05) is 29.0 Å². The summed E-state index contributed by atoms with van der Waals surface area (Å²) in [6.07, 6.45) is 5.12. The van der Waals surface area contributed by atoms with Crippen LogP contribution in [0, 0.1) is 0 Å². The number of carbonyl (C=O) groups is 1. The predicted octanol–water partition coefficient (Wildman–Crippen LogP) is 6.41. The topological polar surface area (TPSA) is 83.8 Å². The Morgan fingerprint density at radius 2 is 2.03 bits per heavy atom. The molecule has 0 fully saturated rings. The first-order chi connectivity index (χ1) is 14.6. The highest BCUT2D eigenvalue weighted by molar-refractivity contribution is 7.21. The number of carboxylic acids is 1. The summed E-state index contributed by atoms with van der Waals surface area (Å²) < 4.78 is 6.93. The van der Waals surface area contributed by atoms with Crippen molar-refractivity contribution in [3.8, 4) is 0 Å². The molecule has 0 saturated heterocycles. The van der Waals surface area contributed by atoms with Crippen LogP contribution < -0.4 is 5.32 Å². The lowest BCUT2D eigenvalue weighted by Crippen LogP contribution is -2.39. The van der Waals surface area contributed by atoms with Crippen LogP contribution in [0.2, 0.25) is 18.1 Å². The molecule has 162 valence electrons. The Bertz CT molecular complexity index is 1190. The molecule has 2 heterocycles. The molecule has 0 aliphatic heterocycles. The SMILES string of the molecule is CC(C)(C)[Si](C)(C)O/N=C1/CCc2cc(Nc3c(C(=O)O)sc4cnccc34)ccc21.